The molecule has 0 amide bonds. The molecule has 2 heteroatoms. The van der Waals surface area contributed by atoms with Crippen LogP contribution in [0.3, 0.4) is 0 Å². The molecule has 6 atom stereocenters. The van der Waals surface area contributed by atoms with Crippen molar-refractivity contribution in [1.82, 2.24) is 0 Å². The van der Waals surface area contributed by atoms with Gasteiger partial charge in [-0.1, -0.05) is 78.8 Å². The molecular formula is C24H48Si2. The minimum Gasteiger partial charge on any atom is -0.100 e. The first-order chi connectivity index (χ1) is 11.8. The molecule has 2 aliphatic carbocycles. The Morgan fingerprint density at radius 2 is 1.38 bits per heavy atom. The van der Waals surface area contributed by atoms with E-state index in [0.29, 0.717) is 0 Å². The lowest BCUT2D eigenvalue weighted by molar-refractivity contribution is 0.352. The fourth-order valence-corrected chi connectivity index (χ4v) is 14.4. The monoisotopic (exact) mass is 392 g/mol. The lowest BCUT2D eigenvalue weighted by Gasteiger charge is -2.41. The van der Waals surface area contributed by atoms with Gasteiger partial charge in [-0.2, -0.15) is 0 Å². The summed E-state index contributed by atoms with van der Waals surface area (Å²) in [6, 6.07) is 1.33. The molecule has 26 heavy (non-hydrogen) atoms. The summed E-state index contributed by atoms with van der Waals surface area (Å²) < 4.78 is 0. The molecule has 0 aromatic heterocycles. The van der Waals surface area contributed by atoms with E-state index in [1.165, 1.54) is 38.1 Å². The summed E-state index contributed by atoms with van der Waals surface area (Å²) in [6.45, 7) is 27.6. The molecular weight excluding hydrogens is 344 g/mol. The Kier molecular flexibility index (Phi) is 7.15. The fraction of sp³-hybridized carbons (Fsp3) is 0.917. The van der Waals surface area contributed by atoms with E-state index in [4.69, 9.17) is 0 Å². The van der Waals surface area contributed by atoms with Crippen molar-refractivity contribution in [3.05, 3.63) is 12.2 Å². The smallest absolute Gasteiger partial charge is 0.0541 e. The maximum Gasteiger partial charge on any atom is 0.0541 e. The molecule has 152 valence electrons. The SMILES string of the molecule is C=C(CCC1CCC([Si](C)(C)C2C(C)C(C)C(C)C2C)C1)C[Si](C)(C)C. The van der Waals surface area contributed by atoms with E-state index >= 15 is 0 Å². The molecule has 6 unspecified atom stereocenters. The maximum absolute atomic E-state index is 4.41. The van der Waals surface area contributed by atoms with Gasteiger partial charge in [-0.15, -0.1) is 6.58 Å². The predicted octanol–water partition coefficient (Wildman–Crippen LogP) is 8.47. The van der Waals surface area contributed by atoms with Crippen LogP contribution in [0.4, 0.5) is 0 Å². The molecule has 2 saturated carbocycles. The average molecular weight is 393 g/mol. The lowest BCUT2D eigenvalue weighted by Crippen LogP contribution is -2.41. The van der Waals surface area contributed by atoms with Gasteiger partial charge < -0.3 is 0 Å². The maximum atomic E-state index is 4.41. The zero-order chi connectivity index (χ0) is 19.9. The highest BCUT2D eigenvalue weighted by Crippen LogP contribution is 2.59. The van der Waals surface area contributed by atoms with E-state index in [-0.39, 0.29) is 0 Å². The molecule has 2 rings (SSSR count). The van der Waals surface area contributed by atoms with Gasteiger partial charge >= 0.3 is 0 Å². The van der Waals surface area contributed by atoms with Crippen LogP contribution in [0, 0.1) is 29.6 Å². The lowest BCUT2D eigenvalue weighted by atomic mass is 9.92. The normalized spacial score (nSPS) is 38.7. The Bertz CT molecular complexity index is 473. The highest BCUT2D eigenvalue weighted by atomic mass is 28.3. The molecule has 0 bridgehead atoms. The summed E-state index contributed by atoms with van der Waals surface area (Å²) in [7, 11) is -2.18. The van der Waals surface area contributed by atoms with Crippen LogP contribution in [0.25, 0.3) is 0 Å². The number of hydrogen-bond acceptors (Lipinski definition) is 0. The van der Waals surface area contributed by atoms with E-state index in [2.05, 4.69) is 67.0 Å². The third-order valence-electron chi connectivity index (χ3n) is 8.76. The quantitative estimate of drug-likeness (QED) is 0.301. The van der Waals surface area contributed by atoms with Crippen molar-refractivity contribution in [2.24, 2.45) is 29.6 Å². The highest BCUT2D eigenvalue weighted by Gasteiger charge is 2.52. The molecule has 0 saturated heterocycles. The molecule has 0 aromatic carbocycles. The van der Waals surface area contributed by atoms with Gasteiger partial charge in [-0.3, -0.25) is 0 Å². The van der Waals surface area contributed by atoms with Crippen LogP contribution in [0.1, 0.15) is 59.8 Å². The van der Waals surface area contributed by atoms with Gasteiger partial charge in [0.25, 0.3) is 0 Å². The third kappa shape index (κ3) is 4.96. The molecule has 0 N–H and O–H groups in total. The highest BCUT2D eigenvalue weighted by molar-refractivity contribution is 6.80. The van der Waals surface area contributed by atoms with Crippen LogP contribution in [-0.4, -0.2) is 16.1 Å². The van der Waals surface area contributed by atoms with E-state index in [0.717, 1.165) is 40.7 Å². The molecule has 2 fully saturated rings. The minimum absolute atomic E-state index is 0.920. The van der Waals surface area contributed by atoms with Crippen molar-refractivity contribution in [3.63, 3.8) is 0 Å². The summed E-state index contributed by atoms with van der Waals surface area (Å²) in [6.07, 6.45) is 7.30. The number of rotatable bonds is 7. The Morgan fingerprint density at radius 3 is 1.88 bits per heavy atom. The summed E-state index contributed by atoms with van der Waals surface area (Å²) in [5, 5.41) is 0. The van der Waals surface area contributed by atoms with Crippen molar-refractivity contribution >= 4 is 16.1 Å². The van der Waals surface area contributed by atoms with E-state index in [9.17, 15) is 0 Å². The van der Waals surface area contributed by atoms with Gasteiger partial charge in [0, 0.05) is 8.07 Å². The summed E-state index contributed by atoms with van der Waals surface area (Å²) in [4.78, 5) is 0. The minimum atomic E-state index is -1.20. The van der Waals surface area contributed by atoms with Crippen LogP contribution < -0.4 is 0 Å². The van der Waals surface area contributed by atoms with E-state index in [1.807, 2.05) is 0 Å². The van der Waals surface area contributed by atoms with Gasteiger partial charge in [0.15, 0.2) is 0 Å². The van der Waals surface area contributed by atoms with E-state index in [1.54, 1.807) is 5.57 Å². The first-order valence-corrected chi connectivity index (χ1v) is 18.4. The molecule has 0 aliphatic heterocycles. The summed E-state index contributed by atoms with van der Waals surface area (Å²) >= 11 is 0. The summed E-state index contributed by atoms with van der Waals surface area (Å²) in [5.41, 5.74) is 3.66. The van der Waals surface area contributed by atoms with E-state index < -0.39 is 16.1 Å². The Hall–Kier alpha value is 0.174. The van der Waals surface area contributed by atoms with Gasteiger partial charge in [0.2, 0.25) is 0 Å². The second-order valence-corrected chi connectivity index (χ2v) is 22.8. The molecule has 0 radical (unpaired) electrons. The van der Waals surface area contributed by atoms with Crippen molar-refractivity contribution in [3.8, 4) is 0 Å². The van der Waals surface area contributed by atoms with Crippen LogP contribution in [0.5, 0.6) is 0 Å². The second kappa shape index (κ2) is 8.27. The molecule has 2 aliphatic rings. The van der Waals surface area contributed by atoms with Crippen molar-refractivity contribution in [2.75, 3.05) is 0 Å². The fourth-order valence-electron chi connectivity index (χ4n) is 6.98. The predicted molar refractivity (Wildman–Crippen MR) is 126 cm³/mol. The Labute approximate surface area is 167 Å². The zero-order valence-corrected chi connectivity index (χ0v) is 21.5. The molecule has 0 spiro atoms. The number of allylic oxidation sites excluding steroid dienone is 1. The standard InChI is InChI=1S/C24H48Si2/c1-17(16-25(6,7)8)11-12-22-13-14-23(15-22)26(9,10)24-20(4)18(2)19(3)21(24)5/h18-24H,1,11-16H2,2-10H3. The van der Waals surface area contributed by atoms with Crippen molar-refractivity contribution in [1.29, 1.82) is 0 Å². The Morgan fingerprint density at radius 1 is 0.846 bits per heavy atom. The van der Waals surface area contributed by atoms with Crippen molar-refractivity contribution in [2.45, 2.75) is 110 Å². The molecule has 0 aromatic rings. The van der Waals surface area contributed by atoms with Crippen molar-refractivity contribution < 1.29 is 0 Å². The van der Waals surface area contributed by atoms with Gasteiger partial charge in [0.1, 0.15) is 0 Å². The Balaban J connectivity index is 1.92. The van der Waals surface area contributed by atoms with Crippen LogP contribution in [0.2, 0.25) is 49.9 Å². The van der Waals surface area contributed by atoms with Crippen LogP contribution >= 0.6 is 0 Å². The molecule has 0 nitrogen and oxygen atoms in total. The van der Waals surface area contributed by atoms with Gasteiger partial charge in [-0.05, 0) is 66.0 Å². The number of hydrogen-bond donors (Lipinski definition) is 0. The second-order valence-electron chi connectivity index (χ2n) is 12.2. The summed E-state index contributed by atoms with van der Waals surface area (Å²) in [5.74, 6) is 4.72. The van der Waals surface area contributed by atoms with Crippen LogP contribution in [0.15, 0.2) is 12.2 Å². The first-order valence-electron chi connectivity index (χ1n) is 11.5. The largest absolute Gasteiger partial charge is 0.100 e. The zero-order valence-electron chi connectivity index (χ0n) is 19.5. The topological polar surface area (TPSA) is 0 Å². The average Bonchev–Trinajstić information content (AvgIpc) is 3.05. The third-order valence-corrected chi connectivity index (χ3v) is 15.7. The van der Waals surface area contributed by atoms with Gasteiger partial charge in [0.05, 0.1) is 8.07 Å². The molecule has 0 heterocycles. The van der Waals surface area contributed by atoms with Crippen LogP contribution in [-0.2, 0) is 0 Å². The first kappa shape index (κ1) is 22.5. The van der Waals surface area contributed by atoms with Gasteiger partial charge in [-0.25, -0.2) is 0 Å².